The van der Waals surface area contributed by atoms with Gasteiger partial charge in [0.25, 0.3) is 0 Å². The molecule has 0 aliphatic heterocycles. The van der Waals surface area contributed by atoms with Crippen LogP contribution in [-0.4, -0.2) is 18.2 Å². The minimum atomic E-state index is 0.0225. The fourth-order valence-corrected chi connectivity index (χ4v) is 5.63. The summed E-state index contributed by atoms with van der Waals surface area (Å²) in [6, 6.07) is 0. The molecule has 0 aromatic heterocycles. The van der Waals surface area contributed by atoms with Gasteiger partial charge in [-0.05, 0) is 68.6 Å². The van der Waals surface area contributed by atoms with Crippen LogP contribution in [0.2, 0.25) is 0 Å². The lowest BCUT2D eigenvalue weighted by molar-refractivity contribution is -0.134. The van der Waals surface area contributed by atoms with Gasteiger partial charge in [0.2, 0.25) is 0 Å². The van der Waals surface area contributed by atoms with Crippen molar-refractivity contribution in [3.8, 4) is 0 Å². The molecule has 2 heteroatoms. The summed E-state index contributed by atoms with van der Waals surface area (Å²) in [5.74, 6) is 3.86. The molecular weight excluding hydrogens is 222 g/mol. The van der Waals surface area contributed by atoms with Gasteiger partial charge in [0, 0.05) is 5.54 Å². The lowest BCUT2D eigenvalue weighted by Crippen LogP contribution is -2.52. The highest BCUT2D eigenvalue weighted by Gasteiger charge is 2.49. The molecule has 2 nitrogen and oxygen atoms in total. The second kappa shape index (κ2) is 4.21. The second-order valence-electron chi connectivity index (χ2n) is 7.78. The average molecular weight is 249 g/mol. The Morgan fingerprint density at radius 1 is 0.889 bits per heavy atom. The van der Waals surface area contributed by atoms with E-state index in [-0.39, 0.29) is 5.54 Å². The van der Waals surface area contributed by atoms with Crippen LogP contribution in [0.25, 0.3) is 0 Å². The molecule has 5 aliphatic rings. The zero-order valence-electron chi connectivity index (χ0n) is 11.4. The number of nitrogens with two attached hydrogens (primary N) is 1. The first-order valence-corrected chi connectivity index (χ1v) is 8.12. The smallest absolute Gasteiger partial charge is 0.0650 e. The summed E-state index contributed by atoms with van der Waals surface area (Å²) in [4.78, 5) is 0. The SMILES string of the molecule is NC1(COC2C3CC4CC(C3)CC2C4)CCCC1. The number of hydrogen-bond donors (Lipinski definition) is 1. The van der Waals surface area contributed by atoms with Crippen molar-refractivity contribution < 1.29 is 4.74 Å². The van der Waals surface area contributed by atoms with Crippen LogP contribution in [0.5, 0.6) is 0 Å². The van der Waals surface area contributed by atoms with Crippen LogP contribution in [0, 0.1) is 23.7 Å². The molecule has 0 amide bonds. The first kappa shape index (κ1) is 11.7. The van der Waals surface area contributed by atoms with Crippen LogP contribution in [0.4, 0.5) is 0 Å². The molecule has 5 aliphatic carbocycles. The van der Waals surface area contributed by atoms with Crippen LogP contribution in [0.1, 0.15) is 57.8 Å². The third kappa shape index (κ3) is 1.92. The van der Waals surface area contributed by atoms with Crippen LogP contribution in [-0.2, 0) is 4.74 Å². The third-order valence-corrected chi connectivity index (χ3v) is 6.30. The topological polar surface area (TPSA) is 35.2 Å². The van der Waals surface area contributed by atoms with Crippen molar-refractivity contribution in [2.45, 2.75) is 69.4 Å². The molecule has 0 atom stereocenters. The number of hydrogen-bond acceptors (Lipinski definition) is 2. The Balaban J connectivity index is 1.40. The van der Waals surface area contributed by atoms with Gasteiger partial charge in [-0.25, -0.2) is 0 Å². The first-order chi connectivity index (χ1) is 8.72. The van der Waals surface area contributed by atoms with Gasteiger partial charge in [0.15, 0.2) is 0 Å². The van der Waals surface area contributed by atoms with E-state index in [9.17, 15) is 0 Å². The predicted molar refractivity (Wildman–Crippen MR) is 72.2 cm³/mol. The Morgan fingerprint density at radius 3 is 2.00 bits per heavy atom. The second-order valence-corrected chi connectivity index (χ2v) is 7.78. The Morgan fingerprint density at radius 2 is 1.44 bits per heavy atom. The van der Waals surface area contributed by atoms with Crippen molar-refractivity contribution in [2.24, 2.45) is 29.4 Å². The molecule has 0 radical (unpaired) electrons. The van der Waals surface area contributed by atoms with Gasteiger partial charge < -0.3 is 10.5 Å². The molecule has 0 unspecified atom stereocenters. The molecule has 0 spiro atoms. The number of rotatable bonds is 3. The molecule has 2 N–H and O–H groups in total. The van der Waals surface area contributed by atoms with Gasteiger partial charge in [-0.3, -0.25) is 0 Å². The average Bonchev–Trinajstić information content (AvgIpc) is 2.75. The highest BCUT2D eigenvalue weighted by molar-refractivity contribution is 5.00. The molecule has 0 aromatic carbocycles. The summed E-state index contributed by atoms with van der Waals surface area (Å²) in [6.07, 6.45) is 12.9. The van der Waals surface area contributed by atoms with E-state index in [2.05, 4.69) is 0 Å². The quantitative estimate of drug-likeness (QED) is 0.834. The Hall–Kier alpha value is -0.0800. The van der Waals surface area contributed by atoms with Crippen LogP contribution in [0.15, 0.2) is 0 Å². The van der Waals surface area contributed by atoms with Gasteiger partial charge in [-0.1, -0.05) is 12.8 Å². The normalized spacial score (nSPS) is 48.8. The van der Waals surface area contributed by atoms with Crippen LogP contribution in [0.3, 0.4) is 0 Å². The van der Waals surface area contributed by atoms with Crippen molar-refractivity contribution in [3.63, 3.8) is 0 Å². The largest absolute Gasteiger partial charge is 0.376 e. The van der Waals surface area contributed by atoms with E-state index in [1.165, 1.54) is 57.8 Å². The molecule has 0 aromatic rings. The minimum absolute atomic E-state index is 0.0225. The van der Waals surface area contributed by atoms with E-state index in [1.54, 1.807) is 0 Å². The summed E-state index contributed by atoms with van der Waals surface area (Å²) in [6.45, 7) is 0.833. The highest BCUT2D eigenvalue weighted by atomic mass is 16.5. The van der Waals surface area contributed by atoms with Crippen LogP contribution >= 0.6 is 0 Å². The molecule has 0 heterocycles. The van der Waals surface area contributed by atoms with Crippen molar-refractivity contribution >= 4 is 0 Å². The lowest BCUT2D eigenvalue weighted by atomic mass is 9.55. The maximum absolute atomic E-state index is 6.44. The van der Waals surface area contributed by atoms with Crippen molar-refractivity contribution in [1.29, 1.82) is 0 Å². The van der Waals surface area contributed by atoms with Crippen molar-refractivity contribution in [3.05, 3.63) is 0 Å². The summed E-state index contributed by atoms with van der Waals surface area (Å²) in [7, 11) is 0. The van der Waals surface area contributed by atoms with E-state index < -0.39 is 0 Å². The number of ether oxygens (including phenoxy) is 1. The van der Waals surface area contributed by atoms with Gasteiger partial charge in [0.1, 0.15) is 0 Å². The minimum Gasteiger partial charge on any atom is -0.376 e. The summed E-state index contributed by atoms with van der Waals surface area (Å²) >= 11 is 0. The molecule has 5 rings (SSSR count). The maximum Gasteiger partial charge on any atom is 0.0650 e. The molecule has 5 fully saturated rings. The molecule has 18 heavy (non-hydrogen) atoms. The Bertz CT molecular complexity index is 293. The molecule has 102 valence electrons. The van der Waals surface area contributed by atoms with Gasteiger partial charge in [-0.15, -0.1) is 0 Å². The Labute approximate surface area is 111 Å². The van der Waals surface area contributed by atoms with E-state index in [0.717, 1.165) is 30.3 Å². The maximum atomic E-state index is 6.44. The first-order valence-electron chi connectivity index (χ1n) is 8.12. The van der Waals surface area contributed by atoms with Gasteiger partial charge >= 0.3 is 0 Å². The third-order valence-electron chi connectivity index (χ3n) is 6.30. The fraction of sp³-hybridized carbons (Fsp3) is 1.00. The van der Waals surface area contributed by atoms with E-state index in [0.29, 0.717) is 6.10 Å². The molecule has 4 bridgehead atoms. The summed E-state index contributed by atoms with van der Waals surface area (Å²) in [5, 5.41) is 0. The molecular formula is C16H27NO. The monoisotopic (exact) mass is 249 g/mol. The fourth-order valence-electron chi connectivity index (χ4n) is 5.63. The van der Waals surface area contributed by atoms with Crippen molar-refractivity contribution in [2.75, 3.05) is 6.61 Å². The van der Waals surface area contributed by atoms with Crippen molar-refractivity contribution in [1.82, 2.24) is 0 Å². The van der Waals surface area contributed by atoms with E-state index in [1.807, 2.05) is 0 Å². The van der Waals surface area contributed by atoms with Gasteiger partial charge in [-0.2, -0.15) is 0 Å². The Kier molecular flexibility index (Phi) is 2.74. The molecule has 0 saturated heterocycles. The summed E-state index contributed by atoms with van der Waals surface area (Å²) < 4.78 is 6.38. The lowest BCUT2D eigenvalue weighted by Gasteiger charge is -2.54. The van der Waals surface area contributed by atoms with Crippen LogP contribution < -0.4 is 5.73 Å². The van der Waals surface area contributed by atoms with E-state index in [4.69, 9.17) is 10.5 Å². The summed E-state index contributed by atoms with van der Waals surface area (Å²) in [5.41, 5.74) is 6.46. The zero-order valence-corrected chi connectivity index (χ0v) is 11.4. The predicted octanol–water partition coefficient (Wildman–Crippen LogP) is 3.10. The van der Waals surface area contributed by atoms with Gasteiger partial charge in [0.05, 0.1) is 12.7 Å². The standard InChI is InChI=1S/C16H27NO/c17-16(3-1-2-4-16)10-18-15-13-6-11-5-12(8-13)9-14(15)7-11/h11-15H,1-10,17H2. The zero-order chi connectivity index (χ0) is 12.2. The van der Waals surface area contributed by atoms with E-state index >= 15 is 0 Å². The highest BCUT2D eigenvalue weighted by Crippen LogP contribution is 2.54. The molecule has 5 saturated carbocycles.